The molecule has 0 radical (unpaired) electrons. The van der Waals surface area contributed by atoms with Gasteiger partial charge in [-0.25, -0.2) is 0 Å². The highest BCUT2D eigenvalue weighted by Crippen LogP contribution is 2.27. The Morgan fingerprint density at radius 1 is 0.519 bits per heavy atom. The van der Waals surface area contributed by atoms with Crippen LogP contribution in [0.15, 0.2) is 84.9 Å². The molecule has 0 nitrogen and oxygen atoms in total. The minimum Gasteiger partial charge on any atom is -0.0656 e. The van der Waals surface area contributed by atoms with Gasteiger partial charge in [-0.2, -0.15) is 0 Å². The van der Waals surface area contributed by atoms with Crippen molar-refractivity contribution >= 4 is 40.0 Å². The summed E-state index contributed by atoms with van der Waals surface area (Å²) in [6.45, 7) is 4.71. The Morgan fingerprint density at radius 2 is 0.926 bits per heavy atom. The van der Waals surface area contributed by atoms with Gasteiger partial charge in [0, 0.05) is 0 Å². The van der Waals surface area contributed by atoms with Crippen molar-refractivity contribution in [3.05, 3.63) is 84.9 Å². The second kappa shape index (κ2) is 7.70. The summed E-state index contributed by atoms with van der Waals surface area (Å²) in [5, 5.41) is 8.92. The zero-order valence-electron chi connectivity index (χ0n) is 16.4. The molecular weight excluding hydrogens is 340 g/mol. The Kier molecular flexibility index (Phi) is 5.13. The predicted octanol–water partition coefficient (Wildman–Crippen LogP) is 6.38. The van der Waals surface area contributed by atoms with Crippen LogP contribution in [0.3, 0.4) is 0 Å². The van der Waals surface area contributed by atoms with Crippen LogP contribution >= 0.6 is 0 Å². The van der Waals surface area contributed by atoms with E-state index in [0.29, 0.717) is 0 Å². The number of hydrogen-bond acceptors (Lipinski definition) is 0. The molecule has 0 aliphatic rings. The second-order valence-corrected chi connectivity index (χ2v) is 11.9. The van der Waals surface area contributed by atoms with E-state index in [1.54, 1.807) is 10.4 Å². The highest BCUT2D eigenvalue weighted by molar-refractivity contribution is 7.04. The fourth-order valence-corrected chi connectivity index (χ4v) is 10.6. The summed E-state index contributed by atoms with van der Waals surface area (Å²) in [4.78, 5) is 0. The van der Waals surface area contributed by atoms with Crippen molar-refractivity contribution in [1.29, 1.82) is 0 Å². The molecule has 0 unspecified atom stereocenters. The van der Waals surface area contributed by atoms with Gasteiger partial charge in [-0.1, -0.05) is 112 Å². The molecule has 0 saturated heterocycles. The van der Waals surface area contributed by atoms with Crippen molar-refractivity contribution in [3.63, 3.8) is 0 Å². The van der Waals surface area contributed by atoms with E-state index in [4.69, 9.17) is 0 Å². The van der Waals surface area contributed by atoms with Crippen molar-refractivity contribution in [2.45, 2.75) is 38.8 Å². The van der Waals surface area contributed by atoms with Crippen molar-refractivity contribution < 1.29 is 0 Å². The van der Waals surface area contributed by atoms with E-state index in [2.05, 4.69) is 98.8 Å². The van der Waals surface area contributed by atoms with E-state index in [0.717, 1.165) is 0 Å². The molecule has 4 rings (SSSR count). The van der Waals surface area contributed by atoms with Gasteiger partial charge in [0.2, 0.25) is 0 Å². The van der Waals surface area contributed by atoms with E-state index < -0.39 is 8.07 Å². The molecule has 0 spiro atoms. The van der Waals surface area contributed by atoms with E-state index in [9.17, 15) is 0 Å². The largest absolute Gasteiger partial charge is 0.119 e. The molecule has 0 atom stereocenters. The standard InChI is InChI=1S/C26H28Si/c1-3-19-27(20-4-2,25-17-9-13-21-11-5-7-15-23(21)25)26-18-10-14-22-12-6-8-16-24(22)26/h5-18H,3-4,19-20H2,1-2H3. The van der Waals surface area contributed by atoms with Crippen LogP contribution in [0.2, 0.25) is 12.1 Å². The molecule has 0 aliphatic carbocycles. The lowest BCUT2D eigenvalue weighted by atomic mass is 10.1. The smallest absolute Gasteiger partial charge is 0.0656 e. The first kappa shape index (κ1) is 18.0. The quantitative estimate of drug-likeness (QED) is 0.347. The van der Waals surface area contributed by atoms with Gasteiger partial charge in [-0.3, -0.25) is 0 Å². The van der Waals surface area contributed by atoms with Crippen LogP contribution in [-0.2, 0) is 0 Å². The lowest BCUT2D eigenvalue weighted by molar-refractivity contribution is 0.998. The zero-order chi connectivity index (χ0) is 18.7. The molecule has 4 aromatic rings. The lowest BCUT2D eigenvalue weighted by Crippen LogP contribution is -2.58. The maximum atomic E-state index is 2.43. The fourth-order valence-electron chi connectivity index (χ4n) is 4.95. The predicted molar refractivity (Wildman–Crippen MR) is 123 cm³/mol. The van der Waals surface area contributed by atoms with Crippen LogP contribution in [0.5, 0.6) is 0 Å². The summed E-state index contributed by atoms with van der Waals surface area (Å²) in [5.41, 5.74) is 0. The normalized spacial score (nSPS) is 11.9. The average molecular weight is 369 g/mol. The summed E-state index contributed by atoms with van der Waals surface area (Å²) < 4.78 is 0. The van der Waals surface area contributed by atoms with Gasteiger partial charge in [-0.05, 0) is 44.0 Å². The van der Waals surface area contributed by atoms with Gasteiger partial charge in [0.05, 0.1) is 0 Å². The summed E-state index contributed by atoms with van der Waals surface area (Å²) in [7, 11) is -1.88. The Labute approximate surface area is 163 Å². The third-order valence-corrected chi connectivity index (χ3v) is 11.6. The van der Waals surface area contributed by atoms with Gasteiger partial charge >= 0.3 is 0 Å². The topological polar surface area (TPSA) is 0 Å². The van der Waals surface area contributed by atoms with Crippen molar-refractivity contribution in [2.75, 3.05) is 0 Å². The highest BCUT2D eigenvalue weighted by atomic mass is 28.3. The van der Waals surface area contributed by atoms with E-state index in [1.165, 1.54) is 46.5 Å². The summed E-state index contributed by atoms with van der Waals surface area (Å²) in [5.74, 6) is 0. The van der Waals surface area contributed by atoms with Gasteiger partial charge in [0.25, 0.3) is 0 Å². The van der Waals surface area contributed by atoms with Crippen molar-refractivity contribution in [2.24, 2.45) is 0 Å². The number of rotatable bonds is 6. The first-order valence-corrected chi connectivity index (χ1v) is 12.7. The molecule has 27 heavy (non-hydrogen) atoms. The van der Waals surface area contributed by atoms with Crippen molar-refractivity contribution in [1.82, 2.24) is 0 Å². The molecule has 136 valence electrons. The summed E-state index contributed by atoms with van der Waals surface area (Å²) in [6, 6.07) is 34.5. The maximum absolute atomic E-state index is 2.43. The van der Waals surface area contributed by atoms with Gasteiger partial charge in [-0.15, -0.1) is 0 Å². The van der Waals surface area contributed by atoms with Crippen LogP contribution < -0.4 is 10.4 Å². The molecule has 0 aliphatic heterocycles. The minimum atomic E-state index is -1.88. The maximum Gasteiger partial charge on any atom is 0.119 e. The third kappa shape index (κ3) is 3.11. The molecule has 0 aromatic heterocycles. The van der Waals surface area contributed by atoms with Gasteiger partial charge in [0.1, 0.15) is 8.07 Å². The van der Waals surface area contributed by atoms with E-state index >= 15 is 0 Å². The van der Waals surface area contributed by atoms with E-state index in [1.807, 2.05) is 0 Å². The molecule has 0 N–H and O–H groups in total. The molecular formula is C26H28Si. The number of hydrogen-bond donors (Lipinski definition) is 0. The third-order valence-electron chi connectivity index (χ3n) is 5.96. The lowest BCUT2D eigenvalue weighted by Gasteiger charge is -2.35. The summed E-state index contributed by atoms with van der Waals surface area (Å²) >= 11 is 0. The van der Waals surface area contributed by atoms with Gasteiger partial charge < -0.3 is 0 Å². The van der Waals surface area contributed by atoms with Gasteiger partial charge in [0.15, 0.2) is 0 Å². The first-order chi connectivity index (χ1) is 13.3. The molecule has 0 saturated carbocycles. The van der Waals surface area contributed by atoms with Crippen LogP contribution in [0, 0.1) is 0 Å². The monoisotopic (exact) mass is 368 g/mol. The highest BCUT2D eigenvalue weighted by Gasteiger charge is 2.37. The molecule has 0 heterocycles. The van der Waals surface area contributed by atoms with E-state index in [-0.39, 0.29) is 0 Å². The SMILES string of the molecule is CCC[Si](CCC)(c1cccc2ccccc12)c1cccc2ccccc12. The zero-order valence-corrected chi connectivity index (χ0v) is 17.4. The number of benzene rings is 4. The molecule has 4 aromatic carbocycles. The first-order valence-electron chi connectivity index (χ1n) is 10.3. The van der Waals surface area contributed by atoms with Crippen LogP contribution in [0.1, 0.15) is 26.7 Å². The van der Waals surface area contributed by atoms with Crippen molar-refractivity contribution in [3.8, 4) is 0 Å². The Morgan fingerprint density at radius 3 is 1.37 bits per heavy atom. The minimum absolute atomic E-state index is 1.23. The molecule has 0 fully saturated rings. The second-order valence-electron chi connectivity index (χ2n) is 7.64. The molecule has 0 amide bonds. The Bertz CT molecular complexity index is 966. The summed E-state index contributed by atoms with van der Waals surface area (Å²) in [6.07, 6.45) is 2.47. The molecule has 1 heteroatoms. The number of fused-ring (bicyclic) bond motifs is 2. The van der Waals surface area contributed by atoms with Crippen LogP contribution in [0.25, 0.3) is 21.5 Å². The Hall–Kier alpha value is -2.38. The van der Waals surface area contributed by atoms with Crippen LogP contribution in [0.4, 0.5) is 0 Å². The van der Waals surface area contributed by atoms with Crippen LogP contribution in [-0.4, -0.2) is 8.07 Å². The molecule has 0 bridgehead atoms. The fraction of sp³-hybridized carbons (Fsp3) is 0.231. The average Bonchev–Trinajstić information content (AvgIpc) is 2.73. The Balaban J connectivity index is 2.09.